The molecule has 3 aromatic carbocycles. The smallest absolute Gasteiger partial charge is 0.341 e. The Kier molecular flexibility index (Phi) is 6.74. The largest absolute Gasteiger partial charge is 0.465 e. The summed E-state index contributed by atoms with van der Waals surface area (Å²) in [5, 5.41) is 7.03. The van der Waals surface area contributed by atoms with Crippen LogP contribution in [0.1, 0.15) is 20.7 Å². The van der Waals surface area contributed by atoms with E-state index in [0.29, 0.717) is 42.8 Å². The Labute approximate surface area is 221 Å². The summed E-state index contributed by atoms with van der Waals surface area (Å²) in [4.78, 5) is 31.1. The van der Waals surface area contributed by atoms with Crippen LogP contribution in [0, 0.1) is 0 Å². The van der Waals surface area contributed by atoms with Gasteiger partial charge < -0.3 is 10.1 Å². The van der Waals surface area contributed by atoms with Gasteiger partial charge in [0.2, 0.25) is 0 Å². The molecule has 0 saturated heterocycles. The number of rotatable bonds is 5. The zero-order valence-corrected chi connectivity index (χ0v) is 21.2. The van der Waals surface area contributed by atoms with E-state index in [1.807, 2.05) is 53.9 Å². The first-order valence-electron chi connectivity index (χ1n) is 10.9. The third kappa shape index (κ3) is 4.71. The Morgan fingerprint density at radius 3 is 2.19 bits per heavy atom. The lowest BCUT2D eigenvalue weighted by Crippen LogP contribution is -2.15. The molecule has 0 saturated carbocycles. The second kappa shape index (κ2) is 10.1. The standard InChI is InChI=1S/C28H18Cl2N2O3S/c1-35-28(34)25-22(16-6-10-18(29)11-7-16)15-36-27(25)32-26(33)21-14-24(17-8-12-19(30)13-9-17)31-23-5-3-2-4-20(21)23/h2-15H,1H3,(H,32,33). The third-order valence-electron chi connectivity index (χ3n) is 5.66. The minimum atomic E-state index is -0.544. The molecule has 36 heavy (non-hydrogen) atoms. The number of para-hydroxylation sites is 1. The van der Waals surface area contributed by atoms with E-state index in [2.05, 4.69) is 5.32 Å². The third-order valence-corrected chi connectivity index (χ3v) is 7.06. The minimum Gasteiger partial charge on any atom is -0.465 e. The van der Waals surface area contributed by atoms with E-state index in [-0.39, 0.29) is 11.5 Å². The molecular weight excluding hydrogens is 515 g/mol. The molecule has 2 aromatic heterocycles. The highest BCUT2D eigenvalue weighted by molar-refractivity contribution is 7.15. The molecule has 5 rings (SSSR count). The molecule has 0 atom stereocenters. The highest BCUT2D eigenvalue weighted by atomic mass is 35.5. The predicted octanol–water partition coefficient (Wildman–Crippen LogP) is 7.98. The molecule has 178 valence electrons. The first kappa shape index (κ1) is 24.0. The molecule has 1 amide bonds. The number of halogens is 2. The van der Waals surface area contributed by atoms with Crippen LogP contribution in [0.5, 0.6) is 0 Å². The van der Waals surface area contributed by atoms with Crippen LogP contribution in [0.25, 0.3) is 33.3 Å². The van der Waals surface area contributed by atoms with E-state index in [1.165, 1.54) is 18.4 Å². The number of hydrogen-bond donors (Lipinski definition) is 1. The number of ether oxygens (including phenoxy) is 1. The molecule has 0 fully saturated rings. The van der Waals surface area contributed by atoms with Crippen LogP contribution in [-0.2, 0) is 4.74 Å². The lowest BCUT2D eigenvalue weighted by Gasteiger charge is -2.11. The number of thiophene rings is 1. The molecule has 2 heterocycles. The van der Waals surface area contributed by atoms with E-state index in [1.54, 1.807) is 30.3 Å². The van der Waals surface area contributed by atoms with Crippen LogP contribution in [0.3, 0.4) is 0 Å². The predicted molar refractivity (Wildman–Crippen MR) is 146 cm³/mol. The van der Waals surface area contributed by atoms with Crippen LogP contribution in [-0.4, -0.2) is 24.0 Å². The van der Waals surface area contributed by atoms with Crippen molar-refractivity contribution >= 4 is 62.3 Å². The highest BCUT2D eigenvalue weighted by Crippen LogP contribution is 2.37. The van der Waals surface area contributed by atoms with Gasteiger partial charge in [-0.1, -0.05) is 65.7 Å². The second-order valence-electron chi connectivity index (χ2n) is 7.89. The molecule has 0 unspecified atom stereocenters. The van der Waals surface area contributed by atoms with Crippen molar-refractivity contribution < 1.29 is 14.3 Å². The number of esters is 1. The van der Waals surface area contributed by atoms with Crippen LogP contribution < -0.4 is 5.32 Å². The quantitative estimate of drug-likeness (QED) is 0.233. The van der Waals surface area contributed by atoms with E-state index >= 15 is 0 Å². The number of nitrogens with one attached hydrogen (secondary N) is 1. The van der Waals surface area contributed by atoms with Gasteiger partial charge in [0, 0.05) is 31.9 Å². The number of carbonyl (C=O) groups excluding carboxylic acids is 2. The first-order chi connectivity index (χ1) is 17.4. The molecular formula is C28H18Cl2N2O3S. The van der Waals surface area contributed by atoms with E-state index in [4.69, 9.17) is 32.9 Å². The van der Waals surface area contributed by atoms with Crippen molar-refractivity contribution in [1.82, 2.24) is 4.98 Å². The zero-order valence-electron chi connectivity index (χ0n) is 18.9. The van der Waals surface area contributed by atoms with Gasteiger partial charge in [-0.05, 0) is 42.0 Å². The maximum absolute atomic E-state index is 13.6. The number of hydrogen-bond acceptors (Lipinski definition) is 5. The second-order valence-corrected chi connectivity index (χ2v) is 9.64. The molecule has 1 N–H and O–H groups in total. The lowest BCUT2D eigenvalue weighted by atomic mass is 10.0. The fourth-order valence-electron chi connectivity index (χ4n) is 3.90. The monoisotopic (exact) mass is 532 g/mol. The van der Waals surface area contributed by atoms with Gasteiger partial charge in [0.05, 0.1) is 23.9 Å². The highest BCUT2D eigenvalue weighted by Gasteiger charge is 2.24. The van der Waals surface area contributed by atoms with Crippen molar-refractivity contribution in [2.24, 2.45) is 0 Å². The summed E-state index contributed by atoms with van der Waals surface area (Å²) < 4.78 is 5.03. The van der Waals surface area contributed by atoms with Gasteiger partial charge >= 0.3 is 5.97 Å². The number of methoxy groups -OCH3 is 1. The number of aromatic nitrogens is 1. The van der Waals surface area contributed by atoms with Crippen molar-refractivity contribution in [2.45, 2.75) is 0 Å². The first-order valence-corrected chi connectivity index (χ1v) is 12.5. The fourth-order valence-corrected chi connectivity index (χ4v) is 5.10. The minimum absolute atomic E-state index is 0.287. The van der Waals surface area contributed by atoms with Crippen molar-refractivity contribution in [3.05, 3.63) is 105 Å². The van der Waals surface area contributed by atoms with Gasteiger partial charge in [-0.15, -0.1) is 11.3 Å². The van der Waals surface area contributed by atoms with E-state index in [0.717, 1.165) is 11.1 Å². The van der Waals surface area contributed by atoms with Crippen LogP contribution in [0.15, 0.2) is 84.2 Å². The zero-order chi connectivity index (χ0) is 25.2. The van der Waals surface area contributed by atoms with Gasteiger partial charge in [0.15, 0.2) is 0 Å². The number of amides is 1. The number of carbonyl (C=O) groups is 2. The van der Waals surface area contributed by atoms with Crippen LogP contribution in [0.4, 0.5) is 5.00 Å². The molecule has 0 aliphatic heterocycles. The Bertz CT molecular complexity index is 1600. The summed E-state index contributed by atoms with van der Waals surface area (Å²) >= 11 is 13.3. The molecule has 8 heteroatoms. The molecule has 0 radical (unpaired) electrons. The normalized spacial score (nSPS) is 10.9. The van der Waals surface area contributed by atoms with Gasteiger partial charge in [0.25, 0.3) is 5.91 Å². The maximum atomic E-state index is 13.6. The topological polar surface area (TPSA) is 68.3 Å². The average Bonchev–Trinajstić information content (AvgIpc) is 3.31. The van der Waals surface area contributed by atoms with Gasteiger partial charge in [-0.3, -0.25) is 4.79 Å². The fraction of sp³-hybridized carbons (Fsp3) is 0.0357. The van der Waals surface area contributed by atoms with E-state index in [9.17, 15) is 9.59 Å². The van der Waals surface area contributed by atoms with Gasteiger partial charge in [-0.2, -0.15) is 0 Å². The van der Waals surface area contributed by atoms with Crippen molar-refractivity contribution in [3.63, 3.8) is 0 Å². The Morgan fingerprint density at radius 2 is 1.53 bits per heavy atom. The van der Waals surface area contributed by atoms with E-state index < -0.39 is 5.97 Å². The summed E-state index contributed by atoms with van der Waals surface area (Å²) in [5.41, 5.74) is 4.30. The van der Waals surface area contributed by atoms with Gasteiger partial charge in [-0.25, -0.2) is 9.78 Å². The molecule has 0 bridgehead atoms. The molecule has 0 spiro atoms. The van der Waals surface area contributed by atoms with Crippen LogP contribution in [0.2, 0.25) is 10.0 Å². The molecule has 5 aromatic rings. The summed E-state index contributed by atoms with van der Waals surface area (Å²) in [5.74, 6) is -0.906. The Balaban J connectivity index is 1.57. The lowest BCUT2D eigenvalue weighted by molar-refractivity contribution is 0.0603. The molecule has 0 aliphatic rings. The number of pyridine rings is 1. The van der Waals surface area contributed by atoms with Gasteiger partial charge in [0.1, 0.15) is 10.6 Å². The number of benzene rings is 3. The van der Waals surface area contributed by atoms with Crippen molar-refractivity contribution in [1.29, 1.82) is 0 Å². The SMILES string of the molecule is COC(=O)c1c(-c2ccc(Cl)cc2)csc1NC(=O)c1cc(-c2ccc(Cl)cc2)nc2ccccc12. The van der Waals surface area contributed by atoms with Crippen molar-refractivity contribution in [3.8, 4) is 22.4 Å². The maximum Gasteiger partial charge on any atom is 0.341 e. The van der Waals surface area contributed by atoms with Crippen LogP contribution >= 0.6 is 34.5 Å². The average molecular weight is 533 g/mol. The molecule has 0 aliphatic carbocycles. The summed E-state index contributed by atoms with van der Waals surface area (Å²) in [7, 11) is 1.31. The molecule has 5 nitrogen and oxygen atoms in total. The summed E-state index contributed by atoms with van der Waals surface area (Å²) in [6.07, 6.45) is 0. The number of anilines is 1. The number of nitrogens with zero attached hydrogens (tertiary/aromatic N) is 1. The summed E-state index contributed by atoms with van der Waals surface area (Å²) in [6.45, 7) is 0. The summed E-state index contributed by atoms with van der Waals surface area (Å²) in [6, 6.07) is 23.6. The number of fused-ring (bicyclic) bond motifs is 1. The Morgan fingerprint density at radius 1 is 0.889 bits per heavy atom. The van der Waals surface area contributed by atoms with Crippen molar-refractivity contribution in [2.75, 3.05) is 12.4 Å². The Hall–Kier alpha value is -3.71.